The average molecular weight is 324 g/mol. The molecule has 3 rings (SSSR count). The number of carbonyl (C=O) groups excluding carboxylic acids is 2. The van der Waals surface area contributed by atoms with Crippen LogP contribution in [0, 0.1) is 0 Å². The maximum absolute atomic E-state index is 12.3. The third kappa shape index (κ3) is 4.20. The fourth-order valence-corrected chi connectivity index (χ4v) is 2.63. The van der Waals surface area contributed by atoms with Crippen molar-refractivity contribution < 1.29 is 14.3 Å². The molecule has 2 N–H and O–H groups in total. The number of benzene rings is 2. The molecule has 5 heteroatoms. The van der Waals surface area contributed by atoms with E-state index in [0.29, 0.717) is 24.4 Å². The van der Waals surface area contributed by atoms with Gasteiger partial charge < -0.3 is 15.4 Å². The van der Waals surface area contributed by atoms with Gasteiger partial charge in [0.1, 0.15) is 6.10 Å². The van der Waals surface area contributed by atoms with Crippen LogP contribution in [-0.4, -0.2) is 24.5 Å². The summed E-state index contributed by atoms with van der Waals surface area (Å²) in [7, 11) is 0. The van der Waals surface area contributed by atoms with E-state index in [4.69, 9.17) is 4.74 Å². The normalized spacial score (nSPS) is 16.6. The third-order valence-corrected chi connectivity index (χ3v) is 3.91. The number of amides is 2. The van der Waals surface area contributed by atoms with Crippen LogP contribution in [0.15, 0.2) is 54.6 Å². The summed E-state index contributed by atoms with van der Waals surface area (Å²) in [6, 6.07) is 16.6. The fraction of sp³-hybridized carbons (Fsp3) is 0.263. The van der Waals surface area contributed by atoms with Crippen LogP contribution in [0.2, 0.25) is 0 Å². The van der Waals surface area contributed by atoms with Gasteiger partial charge in [-0.05, 0) is 36.6 Å². The molecular weight excluding hydrogens is 304 g/mol. The molecule has 0 radical (unpaired) electrons. The molecule has 1 aliphatic rings. The zero-order valence-corrected chi connectivity index (χ0v) is 13.3. The van der Waals surface area contributed by atoms with Gasteiger partial charge in [-0.2, -0.15) is 0 Å². The van der Waals surface area contributed by atoms with Crippen LogP contribution >= 0.6 is 0 Å². The highest BCUT2D eigenvalue weighted by molar-refractivity contribution is 5.98. The van der Waals surface area contributed by atoms with E-state index in [1.807, 2.05) is 30.3 Å². The highest BCUT2D eigenvalue weighted by atomic mass is 16.5. The number of carbonyl (C=O) groups is 2. The molecule has 2 aromatic carbocycles. The minimum Gasteiger partial charge on any atom is -0.368 e. The Kier molecular flexibility index (Phi) is 5.23. The van der Waals surface area contributed by atoms with Gasteiger partial charge >= 0.3 is 0 Å². The zero-order valence-electron chi connectivity index (χ0n) is 13.3. The van der Waals surface area contributed by atoms with Crippen molar-refractivity contribution in [3.8, 4) is 0 Å². The Balaban J connectivity index is 1.59. The SMILES string of the molecule is O=C(NCc1ccccc1)c1cccc(NC(=O)[C@H]2CCCO2)c1. The second kappa shape index (κ2) is 7.75. The van der Waals surface area contributed by atoms with Crippen LogP contribution < -0.4 is 10.6 Å². The van der Waals surface area contributed by atoms with Gasteiger partial charge in [0.25, 0.3) is 11.8 Å². The molecule has 1 heterocycles. The minimum atomic E-state index is -0.388. The standard InChI is InChI=1S/C19H20N2O3/c22-18(20-13-14-6-2-1-3-7-14)15-8-4-9-16(12-15)21-19(23)17-10-5-11-24-17/h1-4,6-9,12,17H,5,10-11,13H2,(H,20,22)(H,21,23)/t17-/m1/s1. The number of ether oxygens (including phenoxy) is 1. The van der Waals surface area contributed by atoms with Crippen LogP contribution in [-0.2, 0) is 16.1 Å². The molecule has 2 aromatic rings. The van der Waals surface area contributed by atoms with Crippen molar-refractivity contribution in [3.05, 3.63) is 65.7 Å². The molecule has 2 amide bonds. The van der Waals surface area contributed by atoms with E-state index in [9.17, 15) is 9.59 Å². The predicted molar refractivity (Wildman–Crippen MR) is 91.7 cm³/mol. The van der Waals surface area contributed by atoms with Gasteiger partial charge in [-0.15, -0.1) is 0 Å². The van der Waals surface area contributed by atoms with Crippen LogP contribution in [0.3, 0.4) is 0 Å². The Bertz CT molecular complexity index is 710. The maximum atomic E-state index is 12.3. The molecule has 0 bridgehead atoms. The monoisotopic (exact) mass is 324 g/mol. The lowest BCUT2D eigenvalue weighted by molar-refractivity contribution is -0.124. The lowest BCUT2D eigenvalue weighted by atomic mass is 10.1. The first kappa shape index (κ1) is 16.2. The zero-order chi connectivity index (χ0) is 16.8. The molecule has 5 nitrogen and oxygen atoms in total. The number of anilines is 1. The molecule has 0 aliphatic carbocycles. The van der Waals surface area contributed by atoms with Gasteiger partial charge in [-0.25, -0.2) is 0 Å². The second-order valence-corrected chi connectivity index (χ2v) is 5.74. The topological polar surface area (TPSA) is 67.4 Å². The predicted octanol–water partition coefficient (Wildman–Crippen LogP) is 2.73. The van der Waals surface area contributed by atoms with Crippen molar-refractivity contribution in [1.29, 1.82) is 0 Å². The molecule has 0 unspecified atom stereocenters. The van der Waals surface area contributed by atoms with Crippen LogP contribution in [0.4, 0.5) is 5.69 Å². The van der Waals surface area contributed by atoms with Gasteiger partial charge in [0.2, 0.25) is 0 Å². The van der Waals surface area contributed by atoms with Gasteiger partial charge in [-0.1, -0.05) is 36.4 Å². The highest BCUT2D eigenvalue weighted by Gasteiger charge is 2.23. The maximum Gasteiger partial charge on any atom is 0.253 e. The summed E-state index contributed by atoms with van der Waals surface area (Å²) in [5, 5.41) is 5.68. The molecule has 1 aliphatic heterocycles. The highest BCUT2D eigenvalue weighted by Crippen LogP contribution is 2.16. The van der Waals surface area contributed by atoms with E-state index in [1.54, 1.807) is 24.3 Å². The number of nitrogens with one attached hydrogen (secondary N) is 2. The summed E-state index contributed by atoms with van der Waals surface area (Å²) in [5.74, 6) is -0.332. The summed E-state index contributed by atoms with van der Waals surface area (Å²) in [5.41, 5.74) is 2.15. The van der Waals surface area contributed by atoms with Gasteiger partial charge in [0.05, 0.1) is 0 Å². The Morgan fingerprint density at radius 2 is 1.92 bits per heavy atom. The molecule has 0 saturated carbocycles. The van der Waals surface area contributed by atoms with Crippen LogP contribution in [0.5, 0.6) is 0 Å². The number of rotatable bonds is 5. The lowest BCUT2D eigenvalue weighted by Gasteiger charge is -2.11. The smallest absolute Gasteiger partial charge is 0.253 e. The first-order chi connectivity index (χ1) is 11.7. The Labute approximate surface area is 141 Å². The lowest BCUT2D eigenvalue weighted by Crippen LogP contribution is -2.27. The van der Waals surface area contributed by atoms with Crippen LogP contribution in [0.1, 0.15) is 28.8 Å². The van der Waals surface area contributed by atoms with Crippen molar-refractivity contribution in [1.82, 2.24) is 5.32 Å². The average Bonchev–Trinajstić information content (AvgIpc) is 3.15. The first-order valence-electron chi connectivity index (χ1n) is 8.07. The molecule has 1 atom stereocenters. The molecule has 1 fully saturated rings. The summed E-state index contributed by atoms with van der Waals surface area (Å²) in [6.45, 7) is 1.09. The van der Waals surface area contributed by atoms with Gasteiger partial charge in [0, 0.05) is 24.4 Å². The number of hydrogen-bond acceptors (Lipinski definition) is 3. The van der Waals surface area contributed by atoms with Gasteiger partial charge in [0.15, 0.2) is 0 Å². The largest absolute Gasteiger partial charge is 0.368 e. The van der Waals surface area contributed by atoms with Crippen molar-refractivity contribution in [2.24, 2.45) is 0 Å². The van der Waals surface area contributed by atoms with E-state index in [-0.39, 0.29) is 17.9 Å². The third-order valence-electron chi connectivity index (χ3n) is 3.91. The first-order valence-corrected chi connectivity index (χ1v) is 8.07. The minimum absolute atomic E-state index is 0.158. The van der Waals surface area contributed by atoms with E-state index in [2.05, 4.69) is 10.6 Å². The van der Waals surface area contributed by atoms with Gasteiger partial charge in [-0.3, -0.25) is 9.59 Å². The molecule has 0 spiro atoms. The Hall–Kier alpha value is -2.66. The Morgan fingerprint density at radius 3 is 2.67 bits per heavy atom. The molecule has 1 saturated heterocycles. The number of hydrogen-bond donors (Lipinski definition) is 2. The van der Waals surface area contributed by atoms with E-state index in [0.717, 1.165) is 18.4 Å². The summed E-state index contributed by atoms with van der Waals surface area (Å²) >= 11 is 0. The van der Waals surface area contributed by atoms with Crippen molar-refractivity contribution in [3.63, 3.8) is 0 Å². The molecule has 24 heavy (non-hydrogen) atoms. The van der Waals surface area contributed by atoms with Crippen molar-refractivity contribution in [2.45, 2.75) is 25.5 Å². The molecule has 0 aromatic heterocycles. The van der Waals surface area contributed by atoms with Crippen molar-refractivity contribution >= 4 is 17.5 Å². The molecule has 124 valence electrons. The van der Waals surface area contributed by atoms with Crippen LogP contribution in [0.25, 0.3) is 0 Å². The quantitative estimate of drug-likeness (QED) is 0.888. The van der Waals surface area contributed by atoms with E-state index in [1.165, 1.54) is 0 Å². The summed E-state index contributed by atoms with van der Waals surface area (Å²) < 4.78 is 5.36. The fourth-order valence-electron chi connectivity index (χ4n) is 2.63. The summed E-state index contributed by atoms with van der Waals surface area (Å²) in [4.78, 5) is 24.3. The summed E-state index contributed by atoms with van der Waals surface area (Å²) in [6.07, 6.45) is 1.25. The van der Waals surface area contributed by atoms with Crippen molar-refractivity contribution in [2.75, 3.05) is 11.9 Å². The molecular formula is C19H20N2O3. The second-order valence-electron chi connectivity index (χ2n) is 5.74. The van der Waals surface area contributed by atoms with E-state index < -0.39 is 0 Å². The Morgan fingerprint density at radius 1 is 1.08 bits per heavy atom. The van der Waals surface area contributed by atoms with E-state index >= 15 is 0 Å².